The van der Waals surface area contributed by atoms with Gasteiger partial charge in [-0.05, 0) is 19.4 Å². The van der Waals surface area contributed by atoms with Gasteiger partial charge in [-0.25, -0.2) is 4.39 Å². The molecule has 0 unspecified atom stereocenters. The van der Waals surface area contributed by atoms with E-state index < -0.39 is 0 Å². The maximum atomic E-state index is 12.2. The summed E-state index contributed by atoms with van der Waals surface area (Å²) in [5, 5.41) is 12.1. The minimum atomic E-state index is -0.385. The number of hydrogen-bond donors (Lipinski definition) is 1. The first-order chi connectivity index (χ1) is 9.72. The van der Waals surface area contributed by atoms with Crippen LogP contribution < -0.4 is 5.32 Å². The van der Waals surface area contributed by atoms with Crippen molar-refractivity contribution in [3.05, 3.63) is 35.4 Å². The van der Waals surface area contributed by atoms with E-state index >= 15 is 0 Å². The molecule has 2 heterocycles. The first-order valence-electron chi connectivity index (χ1n) is 7.05. The summed E-state index contributed by atoms with van der Waals surface area (Å²) in [5.41, 5.74) is 3.20. The molecule has 0 atom stereocenters. The van der Waals surface area contributed by atoms with Crippen LogP contribution in [0.25, 0.3) is 0 Å². The first-order valence-corrected chi connectivity index (χ1v) is 7.05. The van der Waals surface area contributed by atoms with Gasteiger partial charge in [0, 0.05) is 37.6 Å². The summed E-state index contributed by atoms with van der Waals surface area (Å²) in [6.07, 6.45) is 4.98. The summed E-state index contributed by atoms with van der Waals surface area (Å²) < 4.78 is 15.8. The van der Waals surface area contributed by atoms with E-state index in [2.05, 4.69) is 28.6 Å². The smallest absolute Gasteiger partial charge is 0.109 e. The molecular formula is C14H22FN5. The van der Waals surface area contributed by atoms with Crippen molar-refractivity contribution < 1.29 is 4.39 Å². The fraction of sp³-hybridized carbons (Fsp3) is 0.571. The number of nitrogens with one attached hydrogen (secondary N) is 1. The number of nitrogens with zero attached hydrogens (tertiary/aromatic N) is 4. The average molecular weight is 279 g/mol. The van der Waals surface area contributed by atoms with Crippen molar-refractivity contribution in [2.75, 3.05) is 6.67 Å². The molecule has 2 aromatic heterocycles. The van der Waals surface area contributed by atoms with Crippen LogP contribution in [-0.4, -0.2) is 26.2 Å². The van der Waals surface area contributed by atoms with Gasteiger partial charge in [0.25, 0.3) is 0 Å². The Morgan fingerprint density at radius 1 is 1.20 bits per heavy atom. The van der Waals surface area contributed by atoms with Crippen molar-refractivity contribution in [2.45, 2.75) is 46.4 Å². The minimum absolute atomic E-state index is 0.322. The Hall–Kier alpha value is -1.69. The van der Waals surface area contributed by atoms with Crippen molar-refractivity contribution in [1.29, 1.82) is 0 Å². The number of aryl methyl sites for hydroxylation is 3. The third kappa shape index (κ3) is 3.90. The average Bonchev–Trinajstić information content (AvgIpc) is 2.99. The molecule has 5 nitrogen and oxygen atoms in total. The van der Waals surface area contributed by atoms with Crippen molar-refractivity contribution in [3.8, 4) is 0 Å². The van der Waals surface area contributed by atoms with Gasteiger partial charge < -0.3 is 5.32 Å². The molecule has 110 valence electrons. The van der Waals surface area contributed by atoms with Crippen LogP contribution in [0.15, 0.2) is 18.5 Å². The number of halogens is 1. The predicted octanol–water partition coefficient (Wildman–Crippen LogP) is 2.06. The van der Waals surface area contributed by atoms with Gasteiger partial charge >= 0.3 is 0 Å². The Morgan fingerprint density at radius 2 is 2.05 bits per heavy atom. The number of hydrogen-bond acceptors (Lipinski definition) is 3. The zero-order chi connectivity index (χ0) is 14.4. The summed E-state index contributed by atoms with van der Waals surface area (Å²) in [6.45, 7) is 6.51. The lowest BCUT2D eigenvalue weighted by Gasteiger charge is -2.01. The Labute approximate surface area is 118 Å². The minimum Gasteiger partial charge on any atom is -0.307 e. The quantitative estimate of drug-likeness (QED) is 0.804. The van der Waals surface area contributed by atoms with Crippen LogP contribution in [0, 0.1) is 6.92 Å². The lowest BCUT2D eigenvalue weighted by molar-refractivity contribution is 0.425. The normalized spacial score (nSPS) is 11.2. The van der Waals surface area contributed by atoms with Gasteiger partial charge in [0.15, 0.2) is 0 Å². The van der Waals surface area contributed by atoms with Gasteiger partial charge in [0.05, 0.1) is 17.9 Å². The summed E-state index contributed by atoms with van der Waals surface area (Å²) in [4.78, 5) is 0. The number of alkyl halides is 1. The summed E-state index contributed by atoms with van der Waals surface area (Å²) in [5.74, 6) is 0. The Kier molecular flexibility index (Phi) is 5.29. The van der Waals surface area contributed by atoms with Gasteiger partial charge in [-0.3, -0.25) is 9.36 Å². The molecule has 0 fully saturated rings. The topological polar surface area (TPSA) is 47.7 Å². The van der Waals surface area contributed by atoms with Crippen molar-refractivity contribution in [3.63, 3.8) is 0 Å². The van der Waals surface area contributed by atoms with Crippen molar-refractivity contribution >= 4 is 0 Å². The largest absolute Gasteiger partial charge is 0.307 e. The highest BCUT2D eigenvalue weighted by atomic mass is 19.1. The second kappa shape index (κ2) is 7.19. The van der Waals surface area contributed by atoms with E-state index in [0.717, 1.165) is 30.9 Å². The molecule has 0 radical (unpaired) electrons. The van der Waals surface area contributed by atoms with Crippen LogP contribution in [0.4, 0.5) is 4.39 Å². The summed E-state index contributed by atoms with van der Waals surface area (Å²) in [7, 11) is 0. The molecule has 0 saturated carbocycles. The SMILES string of the molecule is CCCn1cc(CNCc2ccn(CCF)n2)c(C)n1. The predicted molar refractivity (Wildman–Crippen MR) is 76.0 cm³/mol. The van der Waals surface area contributed by atoms with Crippen LogP contribution in [0.1, 0.15) is 30.3 Å². The standard InChI is InChI=1S/C14H22FN5/c1-3-6-20-11-13(12(2)17-20)9-16-10-14-4-7-19(18-14)8-5-15/h4,7,11,16H,3,5-6,8-10H2,1-2H3. The molecule has 1 N–H and O–H groups in total. The fourth-order valence-electron chi connectivity index (χ4n) is 2.11. The Bertz CT molecular complexity index is 531. The zero-order valence-electron chi connectivity index (χ0n) is 12.1. The molecule has 0 saturated heterocycles. The highest BCUT2D eigenvalue weighted by molar-refractivity contribution is 5.15. The van der Waals surface area contributed by atoms with E-state index in [9.17, 15) is 4.39 Å². The molecule has 0 bridgehead atoms. The third-order valence-corrected chi connectivity index (χ3v) is 3.13. The molecule has 2 rings (SSSR count). The zero-order valence-corrected chi connectivity index (χ0v) is 12.1. The number of rotatable bonds is 8. The van der Waals surface area contributed by atoms with Gasteiger partial charge in [-0.1, -0.05) is 6.92 Å². The maximum Gasteiger partial charge on any atom is 0.109 e. The van der Waals surface area contributed by atoms with E-state index in [4.69, 9.17) is 0 Å². The van der Waals surface area contributed by atoms with E-state index in [-0.39, 0.29) is 6.67 Å². The van der Waals surface area contributed by atoms with E-state index in [1.807, 2.05) is 17.7 Å². The Balaban J connectivity index is 1.82. The third-order valence-electron chi connectivity index (χ3n) is 3.13. The van der Waals surface area contributed by atoms with Crippen molar-refractivity contribution in [1.82, 2.24) is 24.9 Å². The Morgan fingerprint density at radius 3 is 2.80 bits per heavy atom. The molecule has 20 heavy (non-hydrogen) atoms. The maximum absolute atomic E-state index is 12.2. The highest BCUT2D eigenvalue weighted by Crippen LogP contribution is 2.06. The monoisotopic (exact) mass is 279 g/mol. The first kappa shape index (κ1) is 14.7. The second-order valence-electron chi connectivity index (χ2n) is 4.87. The van der Waals surface area contributed by atoms with Crippen LogP contribution in [0.3, 0.4) is 0 Å². The summed E-state index contributed by atoms with van der Waals surface area (Å²) in [6, 6.07) is 1.91. The molecule has 6 heteroatoms. The van der Waals surface area contributed by atoms with Crippen LogP contribution in [0.2, 0.25) is 0 Å². The fourth-order valence-corrected chi connectivity index (χ4v) is 2.11. The van der Waals surface area contributed by atoms with Crippen LogP contribution in [0.5, 0.6) is 0 Å². The molecular weight excluding hydrogens is 257 g/mol. The molecule has 0 aliphatic heterocycles. The second-order valence-corrected chi connectivity index (χ2v) is 4.87. The van der Waals surface area contributed by atoms with Gasteiger partial charge in [-0.2, -0.15) is 10.2 Å². The van der Waals surface area contributed by atoms with E-state index in [0.29, 0.717) is 13.1 Å². The van der Waals surface area contributed by atoms with E-state index in [1.54, 1.807) is 10.9 Å². The lowest BCUT2D eigenvalue weighted by Crippen LogP contribution is -2.14. The molecule has 0 amide bonds. The van der Waals surface area contributed by atoms with Gasteiger partial charge in [0.1, 0.15) is 6.67 Å². The summed E-state index contributed by atoms with van der Waals surface area (Å²) >= 11 is 0. The van der Waals surface area contributed by atoms with Crippen molar-refractivity contribution in [2.24, 2.45) is 0 Å². The highest BCUT2D eigenvalue weighted by Gasteiger charge is 2.05. The molecule has 0 aliphatic carbocycles. The van der Waals surface area contributed by atoms with Gasteiger partial charge in [0.2, 0.25) is 0 Å². The lowest BCUT2D eigenvalue weighted by atomic mass is 10.2. The molecule has 0 spiro atoms. The molecule has 0 aromatic carbocycles. The number of aromatic nitrogens is 4. The van der Waals surface area contributed by atoms with E-state index in [1.165, 1.54) is 5.56 Å². The van der Waals surface area contributed by atoms with Crippen LogP contribution in [-0.2, 0) is 26.2 Å². The molecule has 0 aliphatic rings. The van der Waals surface area contributed by atoms with Crippen LogP contribution >= 0.6 is 0 Å². The van der Waals surface area contributed by atoms with Gasteiger partial charge in [-0.15, -0.1) is 0 Å². The molecule has 2 aromatic rings.